The molecule has 1 atom stereocenters. The zero-order valence-electron chi connectivity index (χ0n) is 15.0. The van der Waals surface area contributed by atoms with Crippen LogP contribution in [0.3, 0.4) is 0 Å². The molecular formula is C18H19N5O2S2. The second-order valence-electron chi connectivity index (χ2n) is 6.05. The molecule has 9 heteroatoms. The average molecular weight is 402 g/mol. The van der Waals surface area contributed by atoms with Crippen molar-refractivity contribution in [2.75, 3.05) is 6.54 Å². The molecule has 0 bridgehead atoms. The summed E-state index contributed by atoms with van der Waals surface area (Å²) >= 11 is 3.16. The first-order chi connectivity index (χ1) is 13.2. The van der Waals surface area contributed by atoms with Crippen LogP contribution in [0.2, 0.25) is 0 Å². The minimum atomic E-state index is -0.0525. The Kier molecular flexibility index (Phi) is 5.42. The van der Waals surface area contributed by atoms with Crippen molar-refractivity contribution in [1.82, 2.24) is 25.3 Å². The first-order valence-corrected chi connectivity index (χ1v) is 10.5. The molecule has 7 nitrogen and oxygen atoms in total. The highest BCUT2D eigenvalue weighted by atomic mass is 32.1. The van der Waals surface area contributed by atoms with E-state index >= 15 is 0 Å². The Morgan fingerprint density at radius 2 is 1.63 bits per heavy atom. The Hall–Kier alpha value is -2.36. The van der Waals surface area contributed by atoms with Gasteiger partial charge in [-0.2, -0.15) is 0 Å². The third-order valence-electron chi connectivity index (χ3n) is 4.13. The van der Waals surface area contributed by atoms with Crippen molar-refractivity contribution in [3.8, 4) is 21.5 Å². The molecule has 140 valence electrons. The van der Waals surface area contributed by atoms with Crippen LogP contribution >= 0.6 is 22.7 Å². The molecule has 4 heterocycles. The molecule has 0 aliphatic heterocycles. The zero-order chi connectivity index (χ0) is 18.6. The van der Waals surface area contributed by atoms with Crippen LogP contribution in [0.15, 0.2) is 43.9 Å². The van der Waals surface area contributed by atoms with Crippen LogP contribution in [0.4, 0.5) is 0 Å². The fourth-order valence-corrected chi connectivity index (χ4v) is 4.04. The van der Waals surface area contributed by atoms with Crippen LogP contribution in [-0.4, -0.2) is 31.8 Å². The van der Waals surface area contributed by atoms with Crippen LogP contribution in [0, 0.1) is 0 Å². The molecule has 0 aliphatic carbocycles. The van der Waals surface area contributed by atoms with Crippen LogP contribution in [0.1, 0.15) is 38.1 Å². The third kappa shape index (κ3) is 4.00. The summed E-state index contributed by atoms with van der Waals surface area (Å²) in [5, 5.41) is 20.8. The Balaban J connectivity index is 1.50. The quantitative estimate of drug-likeness (QED) is 0.416. The Morgan fingerprint density at radius 3 is 2.26 bits per heavy atom. The lowest BCUT2D eigenvalue weighted by Crippen LogP contribution is -2.28. The summed E-state index contributed by atoms with van der Waals surface area (Å²) in [5.74, 6) is 2.28. The lowest BCUT2D eigenvalue weighted by Gasteiger charge is -2.24. The molecule has 0 spiro atoms. The topological polar surface area (TPSA) is 81.1 Å². The van der Waals surface area contributed by atoms with Crippen molar-refractivity contribution in [1.29, 1.82) is 0 Å². The normalized spacial score (nSPS) is 12.7. The van der Waals surface area contributed by atoms with E-state index in [1.807, 2.05) is 35.0 Å². The van der Waals surface area contributed by atoms with Crippen LogP contribution < -0.4 is 0 Å². The van der Waals surface area contributed by atoms with Gasteiger partial charge in [-0.3, -0.25) is 4.90 Å². The molecule has 0 aliphatic rings. The van der Waals surface area contributed by atoms with Crippen molar-refractivity contribution >= 4 is 22.7 Å². The Bertz CT molecular complexity index is 962. The largest absolute Gasteiger partial charge is 0.419 e. The molecule has 0 N–H and O–H groups in total. The van der Waals surface area contributed by atoms with E-state index in [9.17, 15) is 0 Å². The molecule has 4 rings (SSSR count). The van der Waals surface area contributed by atoms with E-state index in [2.05, 4.69) is 39.1 Å². The molecule has 4 aromatic heterocycles. The molecule has 4 aromatic rings. The number of aromatic nitrogens is 4. The fourth-order valence-electron chi connectivity index (χ4n) is 2.75. The summed E-state index contributed by atoms with van der Waals surface area (Å²) in [4.78, 5) is 4.15. The van der Waals surface area contributed by atoms with E-state index in [1.54, 1.807) is 22.7 Å². The summed E-state index contributed by atoms with van der Waals surface area (Å²) in [5.41, 5.74) is 0. The maximum atomic E-state index is 5.90. The highest BCUT2D eigenvalue weighted by Crippen LogP contribution is 2.28. The van der Waals surface area contributed by atoms with E-state index in [0.717, 1.165) is 22.7 Å². The van der Waals surface area contributed by atoms with E-state index in [1.165, 1.54) is 0 Å². The second-order valence-corrected chi connectivity index (χ2v) is 7.94. The minimum absolute atomic E-state index is 0.0525. The highest BCUT2D eigenvalue weighted by Gasteiger charge is 2.24. The van der Waals surface area contributed by atoms with Crippen LogP contribution in [0.5, 0.6) is 0 Å². The summed E-state index contributed by atoms with van der Waals surface area (Å²) in [6, 6.07) is 7.83. The highest BCUT2D eigenvalue weighted by molar-refractivity contribution is 7.13. The van der Waals surface area contributed by atoms with Gasteiger partial charge in [0, 0.05) is 0 Å². The number of hydrogen-bond acceptors (Lipinski definition) is 9. The predicted molar refractivity (Wildman–Crippen MR) is 104 cm³/mol. The predicted octanol–water partition coefficient (Wildman–Crippen LogP) is 4.88. The van der Waals surface area contributed by atoms with Crippen molar-refractivity contribution in [3.63, 3.8) is 0 Å². The lowest BCUT2D eigenvalue weighted by atomic mass is 10.2. The molecule has 0 saturated carbocycles. The van der Waals surface area contributed by atoms with Crippen LogP contribution in [-0.2, 0) is 6.54 Å². The Morgan fingerprint density at radius 1 is 0.963 bits per heavy atom. The van der Waals surface area contributed by atoms with Gasteiger partial charge < -0.3 is 8.83 Å². The average Bonchev–Trinajstić information content (AvgIpc) is 3.48. The summed E-state index contributed by atoms with van der Waals surface area (Å²) < 4.78 is 11.7. The zero-order valence-corrected chi connectivity index (χ0v) is 16.7. The van der Waals surface area contributed by atoms with Gasteiger partial charge in [-0.1, -0.05) is 19.1 Å². The van der Waals surface area contributed by atoms with Gasteiger partial charge in [0.2, 0.25) is 11.8 Å². The van der Waals surface area contributed by atoms with Gasteiger partial charge in [0.1, 0.15) is 0 Å². The van der Waals surface area contributed by atoms with Crippen molar-refractivity contribution in [2.45, 2.75) is 32.9 Å². The molecule has 27 heavy (non-hydrogen) atoms. The standard InChI is InChI=1S/C18H19N5O2S2/c1-3-8-23(11-15-19-21-17(24-15)13-6-4-9-26-13)12(2)16-20-22-18(25-16)14-7-5-10-27-14/h4-7,9-10,12H,3,8,11H2,1-2H3/t12-/m0/s1. The first kappa shape index (κ1) is 18.0. The van der Waals surface area contributed by atoms with E-state index in [4.69, 9.17) is 8.83 Å². The fraction of sp³-hybridized carbons (Fsp3) is 0.333. The van der Waals surface area contributed by atoms with E-state index in [0.29, 0.717) is 30.1 Å². The van der Waals surface area contributed by atoms with Gasteiger partial charge in [0.05, 0.1) is 22.3 Å². The monoisotopic (exact) mass is 401 g/mol. The van der Waals surface area contributed by atoms with E-state index < -0.39 is 0 Å². The van der Waals surface area contributed by atoms with Gasteiger partial charge in [0.25, 0.3) is 11.8 Å². The van der Waals surface area contributed by atoms with Gasteiger partial charge in [-0.05, 0) is 42.8 Å². The second kappa shape index (κ2) is 8.12. The Labute approximate surface area is 164 Å². The third-order valence-corrected chi connectivity index (χ3v) is 5.84. The number of thiophene rings is 2. The van der Waals surface area contributed by atoms with Gasteiger partial charge in [-0.25, -0.2) is 0 Å². The van der Waals surface area contributed by atoms with Gasteiger partial charge in [0.15, 0.2) is 0 Å². The van der Waals surface area contributed by atoms with Gasteiger partial charge >= 0.3 is 0 Å². The maximum absolute atomic E-state index is 5.90. The summed E-state index contributed by atoms with van der Waals surface area (Å²) in [7, 11) is 0. The molecular weight excluding hydrogens is 382 g/mol. The summed E-state index contributed by atoms with van der Waals surface area (Å²) in [6.07, 6.45) is 0.988. The number of rotatable bonds is 8. The molecule has 0 radical (unpaired) electrons. The molecule has 0 fully saturated rings. The number of nitrogens with zero attached hydrogens (tertiary/aromatic N) is 5. The van der Waals surface area contributed by atoms with E-state index in [-0.39, 0.29) is 6.04 Å². The SMILES string of the molecule is CCCN(Cc1nnc(-c2cccs2)o1)[C@@H](C)c1nnc(-c2cccs2)o1. The molecule has 0 aromatic carbocycles. The first-order valence-electron chi connectivity index (χ1n) is 8.72. The molecule has 0 unspecified atom stereocenters. The van der Waals surface area contributed by atoms with Crippen molar-refractivity contribution < 1.29 is 8.83 Å². The number of hydrogen-bond donors (Lipinski definition) is 0. The lowest BCUT2D eigenvalue weighted by molar-refractivity contribution is 0.160. The maximum Gasteiger partial charge on any atom is 0.257 e. The minimum Gasteiger partial charge on any atom is -0.419 e. The van der Waals surface area contributed by atoms with Crippen molar-refractivity contribution in [2.24, 2.45) is 0 Å². The van der Waals surface area contributed by atoms with Gasteiger partial charge in [-0.15, -0.1) is 43.1 Å². The van der Waals surface area contributed by atoms with Crippen molar-refractivity contribution in [3.05, 3.63) is 46.8 Å². The summed E-state index contributed by atoms with van der Waals surface area (Å²) in [6.45, 7) is 5.58. The van der Waals surface area contributed by atoms with Crippen LogP contribution in [0.25, 0.3) is 21.5 Å². The smallest absolute Gasteiger partial charge is 0.257 e. The molecule has 0 saturated heterocycles. The molecule has 0 amide bonds.